The molecule has 0 aromatic carbocycles. The van der Waals surface area contributed by atoms with Crippen molar-refractivity contribution in [1.29, 1.82) is 0 Å². The Morgan fingerprint density at radius 2 is 1.83 bits per heavy atom. The number of carbonyl (C=O) groups is 2. The Morgan fingerprint density at radius 3 is 2.30 bits per heavy atom. The molecule has 1 rings (SSSR count). The molecular formula is C14H23F3N2O4. The van der Waals surface area contributed by atoms with E-state index in [1.54, 1.807) is 20.8 Å². The van der Waals surface area contributed by atoms with Gasteiger partial charge in [0, 0.05) is 6.54 Å². The Labute approximate surface area is 133 Å². The van der Waals surface area contributed by atoms with E-state index in [1.165, 1.54) is 18.7 Å². The monoisotopic (exact) mass is 340 g/mol. The highest BCUT2D eigenvalue weighted by Gasteiger charge is 2.43. The molecule has 1 N–H and O–H groups in total. The number of amides is 2. The lowest BCUT2D eigenvalue weighted by molar-refractivity contribution is -0.343. The predicted molar refractivity (Wildman–Crippen MR) is 75.6 cm³/mol. The topological polar surface area (TPSA) is 67.9 Å². The average molecular weight is 340 g/mol. The van der Waals surface area contributed by atoms with Crippen molar-refractivity contribution < 1.29 is 32.2 Å². The Bertz CT molecular complexity index is 448. The third kappa shape index (κ3) is 6.25. The van der Waals surface area contributed by atoms with Crippen LogP contribution in [0.25, 0.3) is 0 Å². The molecule has 0 bridgehead atoms. The maximum Gasteiger partial charge on any atom is 0.522 e. The van der Waals surface area contributed by atoms with Gasteiger partial charge in [-0.25, -0.2) is 4.79 Å². The largest absolute Gasteiger partial charge is 0.522 e. The molecular weight excluding hydrogens is 317 g/mol. The lowest BCUT2D eigenvalue weighted by atomic mass is 10.2. The molecule has 134 valence electrons. The van der Waals surface area contributed by atoms with Crippen LogP contribution in [0.3, 0.4) is 0 Å². The first kappa shape index (κ1) is 19.5. The fraction of sp³-hybridized carbons (Fsp3) is 0.857. The summed E-state index contributed by atoms with van der Waals surface area (Å²) < 4.78 is 45.9. The molecule has 3 atom stereocenters. The van der Waals surface area contributed by atoms with Crippen molar-refractivity contribution in [3.63, 3.8) is 0 Å². The van der Waals surface area contributed by atoms with Crippen LogP contribution in [0.1, 0.15) is 41.0 Å². The van der Waals surface area contributed by atoms with Gasteiger partial charge in [-0.05, 0) is 41.0 Å². The summed E-state index contributed by atoms with van der Waals surface area (Å²) in [6, 6.07) is -1.64. The van der Waals surface area contributed by atoms with Gasteiger partial charge in [-0.2, -0.15) is 0 Å². The molecule has 0 radical (unpaired) electrons. The number of rotatable bonds is 3. The maximum absolute atomic E-state index is 12.3. The zero-order valence-corrected chi connectivity index (χ0v) is 13.9. The molecule has 1 heterocycles. The maximum atomic E-state index is 12.3. The molecule has 0 spiro atoms. The normalized spacial score (nSPS) is 23.6. The number of hydrogen-bond donors (Lipinski definition) is 1. The molecule has 0 saturated carbocycles. The summed E-state index contributed by atoms with van der Waals surface area (Å²) in [6.45, 7) is 8.13. The molecule has 2 amide bonds. The van der Waals surface area contributed by atoms with E-state index in [4.69, 9.17) is 4.74 Å². The quantitative estimate of drug-likeness (QED) is 0.857. The summed E-state index contributed by atoms with van der Waals surface area (Å²) >= 11 is 0. The third-order valence-corrected chi connectivity index (χ3v) is 3.36. The molecule has 1 fully saturated rings. The van der Waals surface area contributed by atoms with Crippen molar-refractivity contribution in [2.75, 3.05) is 6.54 Å². The molecule has 1 saturated heterocycles. The van der Waals surface area contributed by atoms with E-state index in [-0.39, 0.29) is 13.0 Å². The molecule has 0 aromatic heterocycles. The van der Waals surface area contributed by atoms with Gasteiger partial charge in [0.1, 0.15) is 11.6 Å². The fourth-order valence-electron chi connectivity index (χ4n) is 2.35. The van der Waals surface area contributed by atoms with Gasteiger partial charge in [0.05, 0.1) is 12.1 Å². The van der Waals surface area contributed by atoms with E-state index in [9.17, 15) is 22.8 Å². The van der Waals surface area contributed by atoms with Crippen LogP contribution in [0.2, 0.25) is 0 Å². The number of likely N-dealkylation sites (tertiary alicyclic amines) is 1. The van der Waals surface area contributed by atoms with Crippen molar-refractivity contribution in [3.8, 4) is 0 Å². The minimum atomic E-state index is -4.74. The molecule has 6 nitrogen and oxygen atoms in total. The first-order chi connectivity index (χ1) is 10.3. The van der Waals surface area contributed by atoms with Crippen molar-refractivity contribution in [3.05, 3.63) is 0 Å². The highest BCUT2D eigenvalue weighted by molar-refractivity contribution is 5.85. The Kier molecular flexibility index (Phi) is 5.89. The number of halogens is 3. The Balaban J connectivity index is 2.59. The molecule has 1 aliphatic heterocycles. The second-order valence-electron chi connectivity index (χ2n) is 6.53. The molecule has 9 heteroatoms. The van der Waals surface area contributed by atoms with Gasteiger partial charge in [0.2, 0.25) is 5.91 Å². The van der Waals surface area contributed by atoms with E-state index < -0.39 is 42.2 Å². The van der Waals surface area contributed by atoms with Crippen LogP contribution >= 0.6 is 0 Å². The summed E-state index contributed by atoms with van der Waals surface area (Å²) in [5.41, 5.74) is -0.709. The minimum Gasteiger partial charge on any atom is -0.444 e. The number of hydrogen-bond acceptors (Lipinski definition) is 4. The van der Waals surface area contributed by atoms with Crippen LogP contribution in [0.4, 0.5) is 18.0 Å². The standard InChI is InChI=1S/C14H23F3N2O4/c1-8(18-12(21)23-13(3,4)5)11(20)19-7-6-10(9(19)2)22-14(15,16)17/h8-10H,6-7H2,1-5H3,(H,18,21)/t8-,9-,10+/m1/s1. The number of carbonyl (C=O) groups excluding carboxylic acids is 2. The van der Waals surface area contributed by atoms with Gasteiger partial charge >= 0.3 is 12.5 Å². The second-order valence-corrected chi connectivity index (χ2v) is 6.53. The van der Waals surface area contributed by atoms with Gasteiger partial charge in [-0.3, -0.25) is 9.53 Å². The summed E-state index contributed by atoms with van der Waals surface area (Å²) in [5.74, 6) is -0.475. The van der Waals surface area contributed by atoms with Gasteiger partial charge in [0.25, 0.3) is 0 Å². The van der Waals surface area contributed by atoms with Gasteiger partial charge in [-0.1, -0.05) is 0 Å². The van der Waals surface area contributed by atoms with Crippen LogP contribution in [-0.2, 0) is 14.3 Å². The van der Waals surface area contributed by atoms with Crippen LogP contribution in [0, 0.1) is 0 Å². The van der Waals surface area contributed by atoms with Gasteiger partial charge < -0.3 is 15.0 Å². The summed E-state index contributed by atoms with van der Waals surface area (Å²) in [6.07, 6.45) is -6.51. The number of nitrogens with zero attached hydrogens (tertiary/aromatic N) is 1. The lowest BCUT2D eigenvalue weighted by Crippen LogP contribution is -2.50. The van der Waals surface area contributed by atoms with Crippen molar-refractivity contribution in [2.45, 2.75) is 71.2 Å². The number of ether oxygens (including phenoxy) is 2. The Morgan fingerprint density at radius 1 is 1.26 bits per heavy atom. The van der Waals surface area contributed by atoms with E-state index in [0.717, 1.165) is 0 Å². The molecule has 1 aliphatic rings. The molecule has 0 aromatic rings. The zero-order chi connectivity index (χ0) is 18.0. The zero-order valence-electron chi connectivity index (χ0n) is 13.9. The Hall–Kier alpha value is -1.51. The fourth-order valence-corrected chi connectivity index (χ4v) is 2.35. The number of alkyl halides is 3. The van der Waals surface area contributed by atoms with Crippen LogP contribution in [0.5, 0.6) is 0 Å². The molecule has 0 aliphatic carbocycles. The van der Waals surface area contributed by atoms with E-state index >= 15 is 0 Å². The number of nitrogens with one attached hydrogen (secondary N) is 1. The van der Waals surface area contributed by atoms with Crippen molar-refractivity contribution in [2.24, 2.45) is 0 Å². The van der Waals surface area contributed by atoms with Crippen molar-refractivity contribution >= 4 is 12.0 Å². The smallest absolute Gasteiger partial charge is 0.444 e. The summed E-state index contributed by atoms with van der Waals surface area (Å²) in [7, 11) is 0. The molecule has 0 unspecified atom stereocenters. The molecule has 23 heavy (non-hydrogen) atoms. The lowest BCUT2D eigenvalue weighted by Gasteiger charge is -2.28. The highest BCUT2D eigenvalue weighted by Crippen LogP contribution is 2.28. The second kappa shape index (κ2) is 6.94. The van der Waals surface area contributed by atoms with Gasteiger partial charge in [0.15, 0.2) is 0 Å². The number of alkyl carbamates (subject to hydrolysis) is 1. The van der Waals surface area contributed by atoms with Crippen LogP contribution in [-0.4, -0.2) is 53.6 Å². The van der Waals surface area contributed by atoms with E-state index in [1.807, 2.05) is 0 Å². The predicted octanol–water partition coefficient (Wildman–Crippen LogP) is 2.43. The minimum absolute atomic E-state index is 0.0889. The van der Waals surface area contributed by atoms with Crippen LogP contribution < -0.4 is 5.32 Å². The summed E-state index contributed by atoms with van der Waals surface area (Å²) in [4.78, 5) is 25.2. The van der Waals surface area contributed by atoms with Crippen molar-refractivity contribution in [1.82, 2.24) is 10.2 Å². The van der Waals surface area contributed by atoms with Crippen LogP contribution in [0.15, 0.2) is 0 Å². The highest BCUT2D eigenvalue weighted by atomic mass is 19.4. The first-order valence-electron chi connectivity index (χ1n) is 7.34. The first-order valence-corrected chi connectivity index (χ1v) is 7.34. The SMILES string of the molecule is C[C@@H]1[C@@H](OC(F)(F)F)CCN1C(=O)[C@@H](C)NC(=O)OC(C)(C)C. The third-order valence-electron chi connectivity index (χ3n) is 3.36. The van der Waals surface area contributed by atoms with E-state index in [2.05, 4.69) is 10.1 Å². The average Bonchev–Trinajstić information content (AvgIpc) is 2.65. The van der Waals surface area contributed by atoms with E-state index in [0.29, 0.717) is 0 Å². The van der Waals surface area contributed by atoms with Gasteiger partial charge in [-0.15, -0.1) is 13.2 Å². The summed E-state index contributed by atoms with van der Waals surface area (Å²) in [5, 5.41) is 2.38.